The van der Waals surface area contributed by atoms with Crippen LogP contribution in [0.2, 0.25) is 0 Å². The van der Waals surface area contributed by atoms with E-state index in [1.54, 1.807) is 0 Å². The van der Waals surface area contributed by atoms with E-state index < -0.39 is 0 Å². The molecule has 3 aliphatic rings. The summed E-state index contributed by atoms with van der Waals surface area (Å²) in [5, 5.41) is 13.3. The van der Waals surface area contributed by atoms with Crippen molar-refractivity contribution in [2.24, 2.45) is 11.8 Å². The molecule has 2 aliphatic heterocycles. The second kappa shape index (κ2) is 6.73. The first-order valence-electron chi connectivity index (χ1n) is 8.37. The van der Waals surface area contributed by atoms with Crippen molar-refractivity contribution in [3.05, 3.63) is 0 Å². The molecular weight excluding hydrogens is 254 g/mol. The van der Waals surface area contributed by atoms with Crippen LogP contribution in [0.3, 0.4) is 0 Å². The van der Waals surface area contributed by atoms with E-state index >= 15 is 0 Å². The summed E-state index contributed by atoms with van der Waals surface area (Å²) in [5.41, 5.74) is -0.00113. The lowest BCUT2D eigenvalue weighted by atomic mass is 9.79. The van der Waals surface area contributed by atoms with Gasteiger partial charge in [0, 0.05) is 32.3 Å². The van der Waals surface area contributed by atoms with E-state index in [1.807, 2.05) is 0 Å². The number of ether oxygens (including phenoxy) is 2. The molecule has 0 amide bonds. The third-order valence-electron chi connectivity index (χ3n) is 5.53. The summed E-state index contributed by atoms with van der Waals surface area (Å²) in [6.07, 6.45) is 8.34. The Morgan fingerprint density at radius 1 is 1.10 bits per heavy atom. The van der Waals surface area contributed by atoms with Crippen LogP contribution in [0, 0.1) is 11.8 Å². The Labute approximate surface area is 122 Å². The summed E-state index contributed by atoms with van der Waals surface area (Å²) in [4.78, 5) is 0. The molecular formula is C16H29NO3. The molecule has 1 aliphatic carbocycles. The number of nitrogens with one attached hydrogen (secondary N) is 1. The highest BCUT2D eigenvalue weighted by Gasteiger charge is 2.41. The van der Waals surface area contributed by atoms with Crippen molar-refractivity contribution < 1.29 is 14.6 Å². The molecule has 4 heteroatoms. The van der Waals surface area contributed by atoms with Gasteiger partial charge in [0.25, 0.3) is 0 Å². The summed E-state index contributed by atoms with van der Waals surface area (Å²) < 4.78 is 11.5. The summed E-state index contributed by atoms with van der Waals surface area (Å²) in [6.45, 7) is 3.90. The molecule has 4 nitrogen and oxygen atoms in total. The Hall–Kier alpha value is -0.160. The van der Waals surface area contributed by atoms with Gasteiger partial charge in [0.2, 0.25) is 0 Å². The topological polar surface area (TPSA) is 50.7 Å². The van der Waals surface area contributed by atoms with Crippen LogP contribution in [0.25, 0.3) is 0 Å². The van der Waals surface area contributed by atoms with Crippen LogP contribution in [-0.4, -0.2) is 49.7 Å². The maximum atomic E-state index is 9.50. The normalized spacial score (nSPS) is 42.1. The number of hydrogen-bond acceptors (Lipinski definition) is 4. The Morgan fingerprint density at radius 3 is 2.70 bits per heavy atom. The highest BCUT2D eigenvalue weighted by atomic mass is 16.6. The SMILES string of the molecule is OCC1CCCCC1CNC1CCOC2(CCOC2)C1. The number of aliphatic hydroxyl groups excluding tert-OH is 1. The van der Waals surface area contributed by atoms with Crippen molar-refractivity contribution in [3.8, 4) is 0 Å². The van der Waals surface area contributed by atoms with Crippen LogP contribution in [-0.2, 0) is 9.47 Å². The fraction of sp³-hybridized carbons (Fsp3) is 1.00. The standard InChI is InChI=1S/C16H29NO3/c18-11-14-4-2-1-3-13(14)10-17-15-5-7-20-16(9-15)6-8-19-12-16/h13-15,17-18H,1-12H2. The number of aliphatic hydroxyl groups is 1. The van der Waals surface area contributed by atoms with Crippen LogP contribution >= 0.6 is 0 Å². The molecule has 0 bridgehead atoms. The highest BCUT2D eigenvalue weighted by Crippen LogP contribution is 2.34. The molecule has 0 aromatic rings. The molecule has 0 radical (unpaired) electrons. The highest BCUT2D eigenvalue weighted by molar-refractivity contribution is 4.93. The van der Waals surface area contributed by atoms with Crippen molar-refractivity contribution in [3.63, 3.8) is 0 Å². The van der Waals surface area contributed by atoms with Crippen LogP contribution in [0.15, 0.2) is 0 Å². The van der Waals surface area contributed by atoms with Gasteiger partial charge in [-0.05, 0) is 44.1 Å². The maximum Gasteiger partial charge on any atom is 0.0951 e. The van der Waals surface area contributed by atoms with E-state index in [9.17, 15) is 5.11 Å². The average molecular weight is 283 g/mol. The summed E-state index contributed by atoms with van der Waals surface area (Å²) in [7, 11) is 0. The van der Waals surface area contributed by atoms with Crippen molar-refractivity contribution in [2.75, 3.05) is 33.0 Å². The van der Waals surface area contributed by atoms with Gasteiger partial charge in [-0.1, -0.05) is 12.8 Å². The fourth-order valence-electron chi connectivity index (χ4n) is 4.18. The molecule has 0 aromatic heterocycles. The van der Waals surface area contributed by atoms with Gasteiger partial charge in [0.1, 0.15) is 0 Å². The van der Waals surface area contributed by atoms with Crippen LogP contribution in [0.4, 0.5) is 0 Å². The Balaban J connectivity index is 1.47. The summed E-state index contributed by atoms with van der Waals surface area (Å²) >= 11 is 0. The summed E-state index contributed by atoms with van der Waals surface area (Å²) in [5.74, 6) is 1.17. The Morgan fingerprint density at radius 2 is 1.95 bits per heavy atom. The molecule has 2 heterocycles. The molecule has 4 atom stereocenters. The largest absolute Gasteiger partial charge is 0.396 e. The lowest BCUT2D eigenvalue weighted by Crippen LogP contribution is -2.49. The molecule has 2 N–H and O–H groups in total. The lowest BCUT2D eigenvalue weighted by molar-refractivity contribution is -0.0899. The van der Waals surface area contributed by atoms with Crippen molar-refractivity contribution in [1.29, 1.82) is 0 Å². The number of rotatable bonds is 4. The third-order valence-corrected chi connectivity index (χ3v) is 5.53. The van der Waals surface area contributed by atoms with Gasteiger partial charge in [-0.2, -0.15) is 0 Å². The van der Waals surface area contributed by atoms with E-state index in [-0.39, 0.29) is 5.60 Å². The van der Waals surface area contributed by atoms with Gasteiger partial charge in [-0.15, -0.1) is 0 Å². The van der Waals surface area contributed by atoms with Gasteiger partial charge in [0.15, 0.2) is 0 Å². The Bertz CT molecular complexity index is 304. The van der Waals surface area contributed by atoms with E-state index in [4.69, 9.17) is 9.47 Å². The van der Waals surface area contributed by atoms with Crippen LogP contribution in [0.1, 0.15) is 44.9 Å². The Kier molecular flexibility index (Phi) is 4.97. The lowest BCUT2D eigenvalue weighted by Gasteiger charge is -2.39. The fourth-order valence-corrected chi connectivity index (χ4v) is 4.18. The van der Waals surface area contributed by atoms with E-state index in [0.717, 1.165) is 45.6 Å². The monoisotopic (exact) mass is 283 g/mol. The molecule has 1 saturated carbocycles. The molecule has 3 fully saturated rings. The minimum absolute atomic E-state index is 0.00113. The zero-order valence-corrected chi connectivity index (χ0v) is 12.5. The molecule has 4 unspecified atom stereocenters. The van der Waals surface area contributed by atoms with Gasteiger partial charge < -0.3 is 19.9 Å². The minimum Gasteiger partial charge on any atom is -0.396 e. The van der Waals surface area contributed by atoms with Crippen LogP contribution in [0.5, 0.6) is 0 Å². The quantitative estimate of drug-likeness (QED) is 0.825. The van der Waals surface area contributed by atoms with Gasteiger partial charge in [-0.3, -0.25) is 0 Å². The minimum atomic E-state index is -0.00113. The van der Waals surface area contributed by atoms with Crippen molar-refractivity contribution in [2.45, 2.75) is 56.6 Å². The van der Waals surface area contributed by atoms with Crippen LogP contribution < -0.4 is 5.32 Å². The maximum absolute atomic E-state index is 9.50. The predicted octanol–water partition coefficient (Wildman–Crippen LogP) is 1.71. The first kappa shape index (κ1) is 14.8. The van der Waals surface area contributed by atoms with Crippen molar-refractivity contribution >= 4 is 0 Å². The molecule has 3 rings (SSSR count). The van der Waals surface area contributed by atoms with Gasteiger partial charge >= 0.3 is 0 Å². The molecule has 0 aromatic carbocycles. The zero-order chi connectivity index (χ0) is 13.8. The smallest absolute Gasteiger partial charge is 0.0951 e. The first-order valence-corrected chi connectivity index (χ1v) is 8.37. The van der Waals surface area contributed by atoms with Gasteiger partial charge in [0.05, 0.1) is 12.2 Å². The van der Waals surface area contributed by atoms with E-state index in [2.05, 4.69) is 5.32 Å². The number of hydrogen-bond donors (Lipinski definition) is 2. The predicted molar refractivity (Wildman–Crippen MR) is 77.7 cm³/mol. The molecule has 1 spiro atoms. The third kappa shape index (κ3) is 3.35. The second-order valence-electron chi connectivity index (χ2n) is 6.92. The average Bonchev–Trinajstić information content (AvgIpc) is 2.93. The molecule has 20 heavy (non-hydrogen) atoms. The first-order chi connectivity index (χ1) is 9.81. The molecule has 2 saturated heterocycles. The van der Waals surface area contributed by atoms with E-state index in [1.165, 1.54) is 25.7 Å². The summed E-state index contributed by atoms with van der Waals surface area (Å²) in [6, 6.07) is 0.562. The van der Waals surface area contributed by atoms with E-state index in [0.29, 0.717) is 24.5 Å². The van der Waals surface area contributed by atoms with Gasteiger partial charge in [-0.25, -0.2) is 0 Å². The zero-order valence-electron chi connectivity index (χ0n) is 12.5. The second-order valence-corrected chi connectivity index (χ2v) is 6.92. The molecule has 116 valence electrons. The van der Waals surface area contributed by atoms with Crippen molar-refractivity contribution in [1.82, 2.24) is 5.32 Å².